The van der Waals surface area contributed by atoms with Crippen LogP contribution in [0.1, 0.15) is 21.5 Å². The molecule has 2 aromatic rings. The summed E-state index contributed by atoms with van der Waals surface area (Å²) in [5, 5.41) is 0.948. The maximum Gasteiger partial charge on any atom is 0.277 e. The van der Waals surface area contributed by atoms with E-state index in [1.54, 1.807) is 36.4 Å². The number of nitrogen functional groups attached to an aromatic ring is 1. The van der Waals surface area contributed by atoms with E-state index in [2.05, 4.69) is 4.99 Å². The van der Waals surface area contributed by atoms with E-state index >= 15 is 0 Å². The summed E-state index contributed by atoms with van der Waals surface area (Å²) in [5.41, 5.74) is 8.98. The molecule has 2 aromatic carbocycles. The van der Waals surface area contributed by atoms with Crippen LogP contribution in [0, 0.1) is 0 Å². The minimum Gasteiger partial charge on any atom is -0.398 e. The molecule has 0 unspecified atom stereocenters. The van der Waals surface area contributed by atoms with Crippen LogP contribution in [-0.2, 0) is 6.42 Å². The molecule has 3 rings (SSSR count). The summed E-state index contributed by atoms with van der Waals surface area (Å²) in [6, 6.07) is 10.4. The quantitative estimate of drug-likeness (QED) is 0.742. The molecule has 2 N–H and O–H groups in total. The minimum absolute atomic E-state index is 0. The van der Waals surface area contributed by atoms with Crippen molar-refractivity contribution in [3.05, 3.63) is 63.1 Å². The van der Waals surface area contributed by atoms with E-state index < -0.39 is 0 Å². The average Bonchev–Trinajstić information content (AvgIpc) is 2.40. The molecular weight excluding hydrogens is 375 g/mol. The van der Waals surface area contributed by atoms with Crippen LogP contribution in [0.15, 0.2) is 41.4 Å². The van der Waals surface area contributed by atoms with Crippen molar-refractivity contribution in [1.82, 2.24) is 0 Å². The lowest BCUT2D eigenvalue weighted by molar-refractivity contribution is 0.100. The number of hydrogen-bond acceptors (Lipinski definition) is 2. The molecule has 0 saturated heterocycles. The molecule has 0 saturated carbocycles. The van der Waals surface area contributed by atoms with E-state index in [0.717, 1.165) is 5.56 Å². The number of nitrogens with two attached hydrogens (primary N) is 1. The number of nitrogens with zero attached hydrogens (tertiary/aromatic N) is 1. The summed E-state index contributed by atoms with van der Waals surface area (Å²) >= 11 is 12.3. The van der Waals surface area contributed by atoms with Crippen LogP contribution in [0.4, 0.5) is 5.69 Å². The molecule has 0 bridgehead atoms. The molecule has 0 fully saturated rings. The van der Waals surface area contributed by atoms with Gasteiger partial charge in [0.1, 0.15) is 0 Å². The molecule has 0 spiro atoms. The number of carbonyl (C=O) groups is 1. The molecule has 0 aliphatic carbocycles. The van der Waals surface area contributed by atoms with Crippen LogP contribution < -0.4 is 5.73 Å². The smallest absolute Gasteiger partial charge is 0.277 e. The second-order valence-corrected chi connectivity index (χ2v) is 5.32. The fourth-order valence-electron chi connectivity index (χ4n) is 2.31. The van der Waals surface area contributed by atoms with Gasteiger partial charge in [-0.25, -0.2) is 4.99 Å². The zero-order valence-corrected chi connectivity index (χ0v) is 14.0. The van der Waals surface area contributed by atoms with Crippen molar-refractivity contribution >= 4 is 57.5 Å². The number of anilines is 1. The van der Waals surface area contributed by atoms with Gasteiger partial charge in [-0.3, -0.25) is 4.79 Å². The maximum absolute atomic E-state index is 12.1. The largest absolute Gasteiger partial charge is 0.398 e. The first-order chi connectivity index (χ1) is 9.58. The number of aliphatic imine (C=N–C) groups is 1. The van der Waals surface area contributed by atoms with Gasteiger partial charge in [0.05, 0.1) is 15.8 Å². The van der Waals surface area contributed by atoms with Gasteiger partial charge in [-0.1, -0.05) is 35.3 Å². The second-order valence-electron chi connectivity index (χ2n) is 4.51. The second kappa shape index (κ2) is 6.18. The highest BCUT2D eigenvalue weighted by atomic mass is 79.9. The SMILES string of the molecule is Br.Nc1cccc2c1CC(c1c(Cl)cccc1Cl)=NC2=O. The number of fused-ring (bicyclic) bond motifs is 1. The predicted octanol–water partition coefficient (Wildman–Crippen LogP) is 4.34. The molecule has 108 valence electrons. The molecule has 1 aliphatic heterocycles. The van der Waals surface area contributed by atoms with Gasteiger partial charge in [-0.05, 0) is 29.8 Å². The van der Waals surface area contributed by atoms with Crippen molar-refractivity contribution in [3.63, 3.8) is 0 Å². The lowest BCUT2D eigenvalue weighted by Crippen LogP contribution is -2.19. The van der Waals surface area contributed by atoms with E-state index in [9.17, 15) is 4.79 Å². The Kier molecular flexibility index (Phi) is 4.71. The lowest BCUT2D eigenvalue weighted by Gasteiger charge is -2.18. The molecule has 0 aromatic heterocycles. The first-order valence-corrected chi connectivity index (χ1v) is 6.77. The van der Waals surface area contributed by atoms with E-state index in [0.29, 0.717) is 39.0 Å². The number of amides is 1. The molecule has 1 aliphatic rings. The maximum atomic E-state index is 12.1. The molecule has 0 atom stereocenters. The molecule has 0 radical (unpaired) electrons. The van der Waals surface area contributed by atoms with Crippen molar-refractivity contribution < 1.29 is 4.79 Å². The van der Waals surface area contributed by atoms with E-state index in [-0.39, 0.29) is 22.9 Å². The zero-order valence-electron chi connectivity index (χ0n) is 10.8. The van der Waals surface area contributed by atoms with Gasteiger partial charge < -0.3 is 5.73 Å². The van der Waals surface area contributed by atoms with Crippen molar-refractivity contribution in [3.8, 4) is 0 Å². The fourth-order valence-corrected chi connectivity index (χ4v) is 2.93. The van der Waals surface area contributed by atoms with Gasteiger partial charge in [0.25, 0.3) is 5.91 Å². The monoisotopic (exact) mass is 384 g/mol. The summed E-state index contributed by atoms with van der Waals surface area (Å²) in [5.74, 6) is -0.315. The van der Waals surface area contributed by atoms with Crippen LogP contribution in [0.5, 0.6) is 0 Å². The number of hydrogen-bond donors (Lipinski definition) is 1. The van der Waals surface area contributed by atoms with Crippen molar-refractivity contribution in [2.45, 2.75) is 6.42 Å². The molecule has 1 amide bonds. The summed E-state index contributed by atoms with van der Waals surface area (Å²) in [6.45, 7) is 0. The van der Waals surface area contributed by atoms with Gasteiger partial charge in [0.2, 0.25) is 0 Å². The number of rotatable bonds is 1. The number of carbonyl (C=O) groups excluding carboxylic acids is 1. The predicted molar refractivity (Wildman–Crippen MR) is 92.2 cm³/mol. The first kappa shape index (κ1) is 16.0. The third-order valence-electron chi connectivity index (χ3n) is 3.27. The topological polar surface area (TPSA) is 55.4 Å². The van der Waals surface area contributed by atoms with E-state index in [4.69, 9.17) is 28.9 Å². The minimum atomic E-state index is -0.315. The normalized spacial score (nSPS) is 13.2. The van der Waals surface area contributed by atoms with E-state index in [1.165, 1.54) is 0 Å². The van der Waals surface area contributed by atoms with Crippen LogP contribution in [0.25, 0.3) is 0 Å². The fraction of sp³-hybridized carbons (Fsp3) is 0.0667. The van der Waals surface area contributed by atoms with Crippen molar-refractivity contribution in [1.29, 1.82) is 0 Å². The highest BCUT2D eigenvalue weighted by Gasteiger charge is 2.24. The van der Waals surface area contributed by atoms with Gasteiger partial charge in [-0.2, -0.15) is 0 Å². The third kappa shape index (κ3) is 2.84. The Morgan fingerprint density at radius 1 is 1.05 bits per heavy atom. The highest BCUT2D eigenvalue weighted by Crippen LogP contribution is 2.30. The lowest BCUT2D eigenvalue weighted by atomic mass is 9.93. The third-order valence-corrected chi connectivity index (χ3v) is 3.90. The van der Waals surface area contributed by atoms with Gasteiger partial charge in [0, 0.05) is 23.2 Å². The molecule has 1 heterocycles. The Bertz CT molecular complexity index is 739. The van der Waals surface area contributed by atoms with Gasteiger partial charge in [-0.15, -0.1) is 17.0 Å². The van der Waals surface area contributed by atoms with Crippen LogP contribution in [0.2, 0.25) is 10.0 Å². The Morgan fingerprint density at radius 2 is 1.67 bits per heavy atom. The van der Waals surface area contributed by atoms with Crippen LogP contribution in [0.3, 0.4) is 0 Å². The molecular formula is C15H11BrCl2N2O. The van der Waals surface area contributed by atoms with Crippen molar-refractivity contribution in [2.24, 2.45) is 4.99 Å². The Hall–Kier alpha value is -1.36. The number of benzene rings is 2. The first-order valence-electron chi connectivity index (χ1n) is 6.01. The summed E-state index contributed by atoms with van der Waals surface area (Å²) < 4.78 is 0. The highest BCUT2D eigenvalue weighted by molar-refractivity contribution is 8.93. The summed E-state index contributed by atoms with van der Waals surface area (Å²) in [4.78, 5) is 16.2. The zero-order chi connectivity index (χ0) is 14.3. The number of halogens is 3. The molecule has 3 nitrogen and oxygen atoms in total. The van der Waals surface area contributed by atoms with Gasteiger partial charge in [0.15, 0.2) is 0 Å². The Morgan fingerprint density at radius 3 is 2.33 bits per heavy atom. The summed E-state index contributed by atoms with van der Waals surface area (Å²) in [6.07, 6.45) is 0.442. The Balaban J connectivity index is 0.00000161. The van der Waals surface area contributed by atoms with Crippen LogP contribution >= 0.6 is 40.2 Å². The van der Waals surface area contributed by atoms with Gasteiger partial charge >= 0.3 is 0 Å². The summed E-state index contributed by atoms with van der Waals surface area (Å²) in [7, 11) is 0. The molecule has 6 heteroatoms. The standard InChI is InChI=1S/C15H10Cl2N2O.BrH/c16-10-4-2-5-11(17)14(10)13-7-9-8(15(20)19-13)3-1-6-12(9)18;/h1-6H,7,18H2;1H. The average molecular weight is 386 g/mol. The molecule has 21 heavy (non-hydrogen) atoms. The van der Waals surface area contributed by atoms with E-state index in [1.807, 2.05) is 0 Å². The van der Waals surface area contributed by atoms with Crippen molar-refractivity contribution in [2.75, 3.05) is 5.73 Å². The van der Waals surface area contributed by atoms with Crippen LogP contribution in [-0.4, -0.2) is 11.6 Å². The Labute approximate surface area is 142 Å².